The standard InChI is InChI=1S/C22H23N5O3/c1-13-10-16(12-24-20(13)23)25-21(29)22(30)27-9-3-2-4-18(27)15-5-7-17-14(11-15)6-8-19(28)26-17/h5-8,10-12,18H,2-4,9H2,1H3,(H2,23,24)(H,25,29)(H,26,28)/t18-/m0/s1. The number of nitrogens with zero attached hydrogens (tertiary/aromatic N) is 2. The molecule has 1 fully saturated rings. The van der Waals surface area contributed by atoms with Crippen molar-refractivity contribution in [2.75, 3.05) is 17.6 Å². The van der Waals surface area contributed by atoms with E-state index in [4.69, 9.17) is 5.73 Å². The Balaban J connectivity index is 1.57. The van der Waals surface area contributed by atoms with E-state index >= 15 is 0 Å². The summed E-state index contributed by atoms with van der Waals surface area (Å²) in [6.07, 6.45) is 4.03. The van der Waals surface area contributed by atoms with Crippen LogP contribution in [0, 0.1) is 6.92 Å². The Morgan fingerprint density at radius 1 is 1.20 bits per heavy atom. The second-order valence-corrected chi connectivity index (χ2v) is 7.56. The molecule has 2 aromatic heterocycles. The van der Waals surface area contributed by atoms with E-state index < -0.39 is 11.8 Å². The van der Waals surface area contributed by atoms with Crippen LogP contribution in [0.2, 0.25) is 0 Å². The van der Waals surface area contributed by atoms with E-state index in [0.29, 0.717) is 18.1 Å². The first-order valence-electron chi connectivity index (χ1n) is 9.89. The molecule has 3 heterocycles. The number of benzene rings is 1. The number of hydrogen-bond donors (Lipinski definition) is 3. The fourth-order valence-corrected chi connectivity index (χ4v) is 3.87. The number of nitrogens with two attached hydrogens (primary N) is 1. The Bertz CT molecular complexity index is 1190. The molecule has 0 saturated carbocycles. The van der Waals surface area contributed by atoms with Gasteiger partial charge in [0, 0.05) is 18.1 Å². The van der Waals surface area contributed by atoms with E-state index in [1.165, 1.54) is 12.3 Å². The van der Waals surface area contributed by atoms with Gasteiger partial charge in [-0.2, -0.15) is 0 Å². The SMILES string of the molecule is Cc1cc(NC(=O)C(=O)N2CCCC[C@H]2c2ccc3[nH]c(=O)ccc3c2)cnc1N. The molecule has 2 amide bonds. The van der Waals surface area contributed by atoms with Crippen molar-refractivity contribution in [1.82, 2.24) is 14.9 Å². The number of nitrogens with one attached hydrogen (secondary N) is 2. The highest BCUT2D eigenvalue weighted by atomic mass is 16.2. The van der Waals surface area contributed by atoms with Crippen molar-refractivity contribution in [2.45, 2.75) is 32.2 Å². The summed E-state index contributed by atoms with van der Waals surface area (Å²) in [5, 5.41) is 3.51. The molecule has 154 valence electrons. The zero-order chi connectivity index (χ0) is 21.3. The molecule has 1 aliphatic rings. The number of fused-ring (bicyclic) bond motifs is 1. The largest absolute Gasteiger partial charge is 0.383 e. The third-order valence-electron chi connectivity index (χ3n) is 5.47. The van der Waals surface area contributed by atoms with Crippen molar-refractivity contribution in [3.8, 4) is 0 Å². The second-order valence-electron chi connectivity index (χ2n) is 7.56. The number of aryl methyl sites for hydroxylation is 1. The van der Waals surface area contributed by atoms with Crippen molar-refractivity contribution < 1.29 is 9.59 Å². The minimum Gasteiger partial charge on any atom is -0.383 e. The Hall–Kier alpha value is -3.68. The first kappa shape index (κ1) is 19.6. The number of pyridine rings is 2. The molecule has 1 atom stereocenters. The molecule has 0 spiro atoms. The highest BCUT2D eigenvalue weighted by Gasteiger charge is 2.32. The fourth-order valence-electron chi connectivity index (χ4n) is 3.87. The van der Waals surface area contributed by atoms with Crippen LogP contribution in [0.25, 0.3) is 10.9 Å². The smallest absolute Gasteiger partial charge is 0.313 e. The van der Waals surface area contributed by atoms with Crippen LogP contribution in [0.1, 0.15) is 36.4 Å². The molecule has 1 saturated heterocycles. The van der Waals surface area contributed by atoms with Gasteiger partial charge in [-0.1, -0.05) is 6.07 Å². The number of carbonyl (C=O) groups is 2. The van der Waals surface area contributed by atoms with Gasteiger partial charge in [-0.05, 0) is 67.0 Å². The number of amides is 2. The molecular formula is C22H23N5O3. The predicted molar refractivity (Wildman–Crippen MR) is 115 cm³/mol. The van der Waals surface area contributed by atoms with E-state index in [9.17, 15) is 14.4 Å². The van der Waals surface area contributed by atoms with Gasteiger partial charge in [0.15, 0.2) is 0 Å². The number of H-pyrrole nitrogens is 1. The summed E-state index contributed by atoms with van der Waals surface area (Å²) in [6, 6.07) is 10.4. The Morgan fingerprint density at radius 2 is 2.03 bits per heavy atom. The Morgan fingerprint density at radius 3 is 2.83 bits per heavy atom. The lowest BCUT2D eigenvalue weighted by molar-refractivity contribution is -0.145. The summed E-state index contributed by atoms with van der Waals surface area (Å²) in [5.41, 5.74) is 8.39. The number of aromatic amines is 1. The molecule has 0 radical (unpaired) electrons. The number of rotatable bonds is 2. The maximum Gasteiger partial charge on any atom is 0.313 e. The molecule has 8 heteroatoms. The Kier molecular flexibility index (Phi) is 5.22. The summed E-state index contributed by atoms with van der Waals surface area (Å²) in [5.74, 6) is -0.887. The molecule has 1 aromatic carbocycles. The lowest BCUT2D eigenvalue weighted by Gasteiger charge is -2.35. The summed E-state index contributed by atoms with van der Waals surface area (Å²) in [4.78, 5) is 45.5. The number of anilines is 2. The molecule has 8 nitrogen and oxygen atoms in total. The Labute approximate surface area is 173 Å². The summed E-state index contributed by atoms with van der Waals surface area (Å²) < 4.78 is 0. The third kappa shape index (κ3) is 3.89. The predicted octanol–water partition coefficient (Wildman–Crippen LogP) is 2.51. The first-order chi connectivity index (χ1) is 14.4. The average molecular weight is 405 g/mol. The molecule has 0 bridgehead atoms. The highest BCUT2D eigenvalue weighted by molar-refractivity contribution is 6.39. The monoisotopic (exact) mass is 405 g/mol. The first-order valence-corrected chi connectivity index (χ1v) is 9.89. The van der Waals surface area contributed by atoms with E-state index in [2.05, 4.69) is 15.3 Å². The van der Waals surface area contributed by atoms with E-state index in [-0.39, 0.29) is 11.6 Å². The minimum atomic E-state index is -0.696. The normalized spacial score (nSPS) is 16.4. The lowest BCUT2D eigenvalue weighted by atomic mass is 9.94. The number of aromatic nitrogens is 2. The molecule has 0 unspecified atom stereocenters. The van der Waals surface area contributed by atoms with Crippen LogP contribution in [0.5, 0.6) is 0 Å². The average Bonchev–Trinajstić information content (AvgIpc) is 2.75. The molecule has 4 N–H and O–H groups in total. The van der Waals surface area contributed by atoms with Crippen LogP contribution in [-0.4, -0.2) is 33.2 Å². The fraction of sp³-hybridized carbons (Fsp3) is 0.273. The van der Waals surface area contributed by atoms with Gasteiger partial charge in [0.05, 0.1) is 17.9 Å². The van der Waals surface area contributed by atoms with Gasteiger partial charge in [0.2, 0.25) is 5.56 Å². The maximum atomic E-state index is 13.0. The van der Waals surface area contributed by atoms with Gasteiger partial charge < -0.3 is 20.9 Å². The van der Waals surface area contributed by atoms with Crippen molar-refractivity contribution in [3.05, 3.63) is 64.1 Å². The van der Waals surface area contributed by atoms with Crippen molar-refractivity contribution in [3.63, 3.8) is 0 Å². The molecular weight excluding hydrogens is 382 g/mol. The van der Waals surface area contributed by atoms with E-state index in [1.54, 1.807) is 24.0 Å². The second kappa shape index (κ2) is 7.98. The minimum absolute atomic E-state index is 0.159. The number of nitrogen functional groups attached to an aromatic ring is 1. The number of hydrogen-bond acceptors (Lipinski definition) is 5. The van der Waals surface area contributed by atoms with Crippen molar-refractivity contribution >= 4 is 34.2 Å². The van der Waals surface area contributed by atoms with E-state index in [0.717, 1.165) is 41.3 Å². The van der Waals surface area contributed by atoms with Gasteiger partial charge in [-0.25, -0.2) is 4.98 Å². The van der Waals surface area contributed by atoms with Gasteiger partial charge in [0.1, 0.15) is 5.82 Å². The summed E-state index contributed by atoms with van der Waals surface area (Å²) >= 11 is 0. The number of carbonyl (C=O) groups excluding carboxylic acids is 2. The number of likely N-dealkylation sites (tertiary alicyclic amines) is 1. The van der Waals surface area contributed by atoms with Gasteiger partial charge in [-0.15, -0.1) is 0 Å². The number of piperidine rings is 1. The maximum absolute atomic E-state index is 13.0. The highest BCUT2D eigenvalue weighted by Crippen LogP contribution is 2.32. The summed E-state index contributed by atoms with van der Waals surface area (Å²) in [7, 11) is 0. The van der Waals surface area contributed by atoms with Crippen LogP contribution in [-0.2, 0) is 9.59 Å². The zero-order valence-corrected chi connectivity index (χ0v) is 16.6. The van der Waals surface area contributed by atoms with Gasteiger partial charge in [-0.3, -0.25) is 14.4 Å². The van der Waals surface area contributed by atoms with E-state index in [1.807, 2.05) is 18.2 Å². The van der Waals surface area contributed by atoms with Crippen LogP contribution < -0.4 is 16.6 Å². The van der Waals surface area contributed by atoms with Crippen molar-refractivity contribution in [2.24, 2.45) is 0 Å². The zero-order valence-electron chi connectivity index (χ0n) is 16.6. The molecule has 30 heavy (non-hydrogen) atoms. The topological polar surface area (TPSA) is 121 Å². The lowest BCUT2D eigenvalue weighted by Crippen LogP contribution is -2.44. The summed E-state index contributed by atoms with van der Waals surface area (Å²) in [6.45, 7) is 2.30. The van der Waals surface area contributed by atoms with Gasteiger partial charge >= 0.3 is 11.8 Å². The molecule has 0 aliphatic carbocycles. The van der Waals surface area contributed by atoms with Crippen LogP contribution in [0.15, 0.2) is 47.4 Å². The van der Waals surface area contributed by atoms with Crippen LogP contribution in [0.4, 0.5) is 11.5 Å². The van der Waals surface area contributed by atoms with Crippen LogP contribution in [0.3, 0.4) is 0 Å². The van der Waals surface area contributed by atoms with Crippen molar-refractivity contribution in [1.29, 1.82) is 0 Å². The molecule has 1 aliphatic heterocycles. The van der Waals surface area contributed by atoms with Gasteiger partial charge in [0.25, 0.3) is 0 Å². The quantitative estimate of drug-likeness (QED) is 0.566. The molecule has 3 aromatic rings. The van der Waals surface area contributed by atoms with Crippen LogP contribution >= 0.6 is 0 Å². The third-order valence-corrected chi connectivity index (χ3v) is 5.47. The molecule has 4 rings (SSSR count).